The van der Waals surface area contributed by atoms with Gasteiger partial charge in [-0.1, -0.05) is 6.07 Å². The predicted molar refractivity (Wildman–Crippen MR) is 94.1 cm³/mol. The molecule has 1 saturated carbocycles. The fraction of sp³-hybridized carbons (Fsp3) is 0.300. The molecule has 4 rings (SSSR count). The third kappa shape index (κ3) is 2.91. The van der Waals surface area contributed by atoms with Crippen LogP contribution in [0.2, 0.25) is 0 Å². The summed E-state index contributed by atoms with van der Waals surface area (Å²) >= 11 is 0. The largest absolute Gasteiger partial charge is 0.432 e. The van der Waals surface area contributed by atoms with Crippen LogP contribution in [0.1, 0.15) is 36.4 Å². The molecule has 0 amide bonds. The maximum atomic E-state index is 14.3. The lowest BCUT2D eigenvalue weighted by molar-refractivity contribution is -0.0520. The van der Waals surface area contributed by atoms with Gasteiger partial charge in [-0.15, -0.1) is 0 Å². The van der Waals surface area contributed by atoms with E-state index in [0.717, 1.165) is 30.9 Å². The molecule has 0 unspecified atom stereocenters. The van der Waals surface area contributed by atoms with Crippen molar-refractivity contribution in [3.05, 3.63) is 47.4 Å². The normalized spacial score (nSPS) is 14.4. The minimum absolute atomic E-state index is 0.109. The molecule has 1 aliphatic rings. The van der Waals surface area contributed by atoms with E-state index in [1.54, 1.807) is 6.20 Å². The van der Waals surface area contributed by atoms with Gasteiger partial charge in [0.2, 0.25) is 0 Å². The molecule has 0 bridgehead atoms. The van der Waals surface area contributed by atoms with Crippen LogP contribution in [0.5, 0.6) is 5.75 Å². The molecule has 138 valence electrons. The average Bonchev–Trinajstić information content (AvgIpc) is 2.87. The van der Waals surface area contributed by atoms with Crippen LogP contribution in [0.4, 0.5) is 13.2 Å². The van der Waals surface area contributed by atoms with Crippen LogP contribution >= 0.6 is 0 Å². The number of rotatable bonds is 4. The summed E-state index contributed by atoms with van der Waals surface area (Å²) in [5, 5.41) is 10.1. The fourth-order valence-corrected chi connectivity index (χ4v) is 3.49. The van der Waals surface area contributed by atoms with Crippen LogP contribution in [0.25, 0.3) is 22.3 Å². The van der Waals surface area contributed by atoms with Gasteiger partial charge in [0.15, 0.2) is 11.6 Å². The summed E-state index contributed by atoms with van der Waals surface area (Å²) in [5.74, 6) is -1.45. The lowest BCUT2D eigenvalue weighted by Crippen LogP contribution is -2.18. The van der Waals surface area contributed by atoms with Crippen molar-refractivity contribution in [2.75, 3.05) is 0 Å². The zero-order valence-electron chi connectivity index (χ0n) is 14.5. The van der Waals surface area contributed by atoms with Gasteiger partial charge in [-0.25, -0.2) is 4.39 Å². The van der Waals surface area contributed by atoms with E-state index < -0.39 is 18.2 Å². The zero-order valence-corrected chi connectivity index (χ0v) is 14.5. The molecule has 0 saturated heterocycles. The molecular formula is C20H16F3N3O. The van der Waals surface area contributed by atoms with E-state index in [2.05, 4.69) is 15.8 Å². The molecule has 0 N–H and O–H groups in total. The highest BCUT2D eigenvalue weighted by Crippen LogP contribution is 2.43. The Morgan fingerprint density at radius 3 is 2.63 bits per heavy atom. The number of alkyl halides is 2. The molecule has 4 nitrogen and oxygen atoms in total. The number of aromatic nitrogens is 2. The van der Waals surface area contributed by atoms with Crippen molar-refractivity contribution >= 4 is 10.9 Å². The average molecular weight is 371 g/mol. The van der Waals surface area contributed by atoms with Crippen LogP contribution in [0, 0.1) is 24.1 Å². The minimum atomic E-state index is -3.13. The summed E-state index contributed by atoms with van der Waals surface area (Å²) in [5.41, 5.74) is 2.95. The molecule has 2 aromatic heterocycles. The van der Waals surface area contributed by atoms with Gasteiger partial charge in [0, 0.05) is 23.7 Å². The number of benzene rings is 1. The van der Waals surface area contributed by atoms with Crippen molar-refractivity contribution in [1.82, 2.24) is 9.55 Å². The Hall–Kier alpha value is -3.01. The Kier molecular flexibility index (Phi) is 4.27. The van der Waals surface area contributed by atoms with Gasteiger partial charge < -0.3 is 9.30 Å². The summed E-state index contributed by atoms with van der Waals surface area (Å²) in [6.07, 6.45) is 4.53. The lowest BCUT2D eigenvalue weighted by atomic mass is 9.92. The highest BCUT2D eigenvalue weighted by Gasteiger charge is 2.29. The van der Waals surface area contributed by atoms with Gasteiger partial charge in [-0.2, -0.15) is 14.0 Å². The molecule has 1 aliphatic carbocycles. The van der Waals surface area contributed by atoms with Gasteiger partial charge >= 0.3 is 6.61 Å². The van der Waals surface area contributed by atoms with Crippen LogP contribution in [0.3, 0.4) is 0 Å². The van der Waals surface area contributed by atoms with Gasteiger partial charge in [0.05, 0.1) is 22.5 Å². The molecule has 0 atom stereocenters. The second-order valence-corrected chi connectivity index (χ2v) is 6.69. The highest BCUT2D eigenvalue weighted by atomic mass is 19.3. The monoisotopic (exact) mass is 371 g/mol. The maximum absolute atomic E-state index is 14.3. The molecule has 3 aromatic rings. The molecule has 1 fully saturated rings. The first-order valence-corrected chi connectivity index (χ1v) is 8.65. The predicted octanol–water partition coefficient (Wildman–Crippen LogP) is 5.35. The quantitative estimate of drug-likeness (QED) is 0.621. The number of halogens is 3. The Morgan fingerprint density at radius 1 is 1.30 bits per heavy atom. The number of nitriles is 1. The van der Waals surface area contributed by atoms with Crippen LogP contribution in [-0.2, 0) is 0 Å². The van der Waals surface area contributed by atoms with E-state index in [0.29, 0.717) is 22.3 Å². The Labute approximate surface area is 153 Å². The molecule has 27 heavy (non-hydrogen) atoms. The molecule has 0 spiro atoms. The molecule has 0 aliphatic heterocycles. The summed E-state index contributed by atoms with van der Waals surface area (Å²) in [4.78, 5) is 4.43. The molecule has 7 heteroatoms. The molecule has 0 radical (unpaired) electrons. The number of nitrogens with zero attached hydrogens (tertiary/aromatic N) is 3. The third-order valence-electron chi connectivity index (χ3n) is 4.98. The smallest absolute Gasteiger partial charge is 0.387 e. The number of hydrogen-bond acceptors (Lipinski definition) is 3. The standard InChI is InChI=1S/C20H16F3N3O/c1-11-5-6-16(25-10-11)19-14(9-24)13-7-15(21)18(27-20(22)23)8-17(13)26(19)12-3-2-4-12/h5-8,10,12,20H,2-4H2,1H3. The summed E-state index contributed by atoms with van der Waals surface area (Å²) in [7, 11) is 0. The summed E-state index contributed by atoms with van der Waals surface area (Å²) in [6, 6.07) is 8.31. The molecule has 2 heterocycles. The van der Waals surface area contributed by atoms with Crippen molar-refractivity contribution in [2.45, 2.75) is 38.8 Å². The highest BCUT2D eigenvalue weighted by molar-refractivity contribution is 5.95. The second-order valence-electron chi connectivity index (χ2n) is 6.69. The van der Waals surface area contributed by atoms with E-state index in [-0.39, 0.29) is 11.6 Å². The van der Waals surface area contributed by atoms with Crippen molar-refractivity contribution in [2.24, 2.45) is 0 Å². The van der Waals surface area contributed by atoms with Crippen molar-refractivity contribution in [3.63, 3.8) is 0 Å². The van der Waals surface area contributed by atoms with E-state index >= 15 is 0 Å². The number of fused-ring (bicyclic) bond motifs is 1. The number of ether oxygens (including phenoxy) is 1. The number of hydrogen-bond donors (Lipinski definition) is 0. The van der Waals surface area contributed by atoms with Gasteiger partial charge in [0.1, 0.15) is 6.07 Å². The van der Waals surface area contributed by atoms with Crippen molar-refractivity contribution < 1.29 is 17.9 Å². The van der Waals surface area contributed by atoms with Gasteiger partial charge in [0.25, 0.3) is 0 Å². The molecular weight excluding hydrogens is 355 g/mol. The fourth-order valence-electron chi connectivity index (χ4n) is 3.49. The lowest BCUT2D eigenvalue weighted by Gasteiger charge is -2.30. The second kappa shape index (κ2) is 6.62. The van der Waals surface area contributed by atoms with E-state index in [9.17, 15) is 18.4 Å². The molecule has 1 aromatic carbocycles. The first-order chi connectivity index (χ1) is 13.0. The number of aryl methyl sites for hydroxylation is 1. The van der Waals surface area contributed by atoms with Gasteiger partial charge in [-0.3, -0.25) is 4.98 Å². The minimum Gasteiger partial charge on any atom is -0.432 e. The SMILES string of the molecule is Cc1ccc(-c2c(C#N)c3cc(F)c(OC(F)F)cc3n2C2CCC2)nc1. The van der Waals surface area contributed by atoms with E-state index in [1.807, 2.05) is 23.6 Å². The van der Waals surface area contributed by atoms with Crippen LogP contribution in [-0.4, -0.2) is 16.2 Å². The maximum Gasteiger partial charge on any atom is 0.387 e. The Morgan fingerprint density at radius 2 is 2.07 bits per heavy atom. The van der Waals surface area contributed by atoms with E-state index in [4.69, 9.17) is 0 Å². The van der Waals surface area contributed by atoms with Crippen LogP contribution in [0.15, 0.2) is 30.5 Å². The van der Waals surface area contributed by atoms with Crippen molar-refractivity contribution in [1.29, 1.82) is 5.26 Å². The van der Waals surface area contributed by atoms with Crippen LogP contribution < -0.4 is 4.74 Å². The first kappa shape index (κ1) is 17.4. The Bertz CT molecular complexity index is 1050. The zero-order chi connectivity index (χ0) is 19.1. The van der Waals surface area contributed by atoms with Crippen molar-refractivity contribution in [3.8, 4) is 23.2 Å². The first-order valence-electron chi connectivity index (χ1n) is 8.65. The van der Waals surface area contributed by atoms with Gasteiger partial charge in [-0.05, 0) is 43.9 Å². The van der Waals surface area contributed by atoms with E-state index in [1.165, 1.54) is 6.07 Å². The topological polar surface area (TPSA) is 50.8 Å². The summed E-state index contributed by atoms with van der Waals surface area (Å²) in [6.45, 7) is -1.22. The number of pyridine rings is 1. The summed E-state index contributed by atoms with van der Waals surface area (Å²) < 4.78 is 45.8. The third-order valence-corrected chi connectivity index (χ3v) is 4.98. The Balaban J connectivity index is 2.03.